The Bertz CT molecular complexity index is 761. The molecule has 1 aliphatic rings. The Labute approximate surface area is 151 Å². The molecule has 0 unspecified atom stereocenters. The second kappa shape index (κ2) is 7.36. The molecule has 1 saturated heterocycles. The highest BCUT2D eigenvalue weighted by atomic mass is 32.2. The van der Waals surface area contributed by atoms with Gasteiger partial charge in [0, 0.05) is 38.3 Å². The SMILES string of the molecule is COc1cc(F)c(S(=O)(=O)N2CCN(C(=O)OC(C)(C)C)CC2)c(F)c1. The van der Waals surface area contributed by atoms with Crippen molar-refractivity contribution in [2.24, 2.45) is 0 Å². The molecule has 0 aromatic heterocycles. The number of carbonyl (C=O) groups excluding carboxylic acids is 1. The number of methoxy groups -OCH3 is 1. The van der Waals surface area contributed by atoms with Crippen LogP contribution in [0.1, 0.15) is 20.8 Å². The number of piperazine rings is 1. The van der Waals surface area contributed by atoms with Gasteiger partial charge in [0.15, 0.2) is 4.90 Å². The van der Waals surface area contributed by atoms with Gasteiger partial charge >= 0.3 is 6.09 Å². The molecule has 1 fully saturated rings. The predicted octanol–water partition coefficient (Wildman–Crippen LogP) is 2.21. The topological polar surface area (TPSA) is 76.2 Å². The van der Waals surface area contributed by atoms with E-state index in [9.17, 15) is 22.0 Å². The van der Waals surface area contributed by atoms with Gasteiger partial charge in [0.1, 0.15) is 23.0 Å². The minimum absolute atomic E-state index is 0.0630. The predicted molar refractivity (Wildman–Crippen MR) is 89.5 cm³/mol. The molecule has 0 saturated carbocycles. The van der Waals surface area contributed by atoms with E-state index in [1.807, 2.05) is 0 Å². The fourth-order valence-corrected chi connectivity index (χ4v) is 3.98. The van der Waals surface area contributed by atoms with Crippen molar-refractivity contribution in [3.63, 3.8) is 0 Å². The zero-order chi connectivity index (χ0) is 19.7. The normalized spacial score (nSPS) is 16.5. The molecule has 146 valence electrons. The summed E-state index contributed by atoms with van der Waals surface area (Å²) in [5, 5.41) is 0. The third kappa shape index (κ3) is 4.42. The molecule has 1 aromatic rings. The van der Waals surface area contributed by atoms with Crippen LogP contribution in [0.15, 0.2) is 17.0 Å². The van der Waals surface area contributed by atoms with Crippen LogP contribution in [0.5, 0.6) is 5.75 Å². The minimum atomic E-state index is -4.38. The molecule has 0 radical (unpaired) electrons. The van der Waals surface area contributed by atoms with E-state index in [-0.39, 0.29) is 31.9 Å². The highest BCUT2D eigenvalue weighted by Crippen LogP contribution is 2.27. The number of amides is 1. The number of ether oxygens (including phenoxy) is 2. The highest BCUT2D eigenvalue weighted by molar-refractivity contribution is 7.89. The van der Waals surface area contributed by atoms with Crippen LogP contribution in [0.4, 0.5) is 13.6 Å². The Hall–Kier alpha value is -1.94. The number of hydrogen-bond acceptors (Lipinski definition) is 5. The van der Waals surface area contributed by atoms with Crippen molar-refractivity contribution in [3.8, 4) is 5.75 Å². The first kappa shape index (κ1) is 20.4. The summed E-state index contributed by atoms with van der Waals surface area (Å²) in [7, 11) is -3.16. The molecular weight excluding hydrogens is 370 g/mol. The lowest BCUT2D eigenvalue weighted by Gasteiger charge is -2.35. The molecule has 0 atom stereocenters. The van der Waals surface area contributed by atoms with Gasteiger partial charge in [-0.1, -0.05) is 0 Å². The van der Waals surface area contributed by atoms with Crippen molar-refractivity contribution in [3.05, 3.63) is 23.8 Å². The molecule has 7 nitrogen and oxygen atoms in total. The van der Waals surface area contributed by atoms with Gasteiger partial charge in [0.25, 0.3) is 0 Å². The zero-order valence-electron chi connectivity index (χ0n) is 15.1. The van der Waals surface area contributed by atoms with Crippen LogP contribution >= 0.6 is 0 Å². The van der Waals surface area contributed by atoms with E-state index in [0.717, 1.165) is 16.4 Å². The van der Waals surface area contributed by atoms with Gasteiger partial charge in [-0.15, -0.1) is 0 Å². The summed E-state index contributed by atoms with van der Waals surface area (Å²) >= 11 is 0. The zero-order valence-corrected chi connectivity index (χ0v) is 15.9. The third-order valence-electron chi connectivity index (χ3n) is 3.70. The summed E-state index contributed by atoms with van der Waals surface area (Å²) < 4.78 is 64.4. The van der Waals surface area contributed by atoms with Crippen molar-refractivity contribution in [1.29, 1.82) is 0 Å². The number of nitrogens with zero attached hydrogens (tertiary/aromatic N) is 2. The first-order valence-electron chi connectivity index (χ1n) is 7.97. The first-order valence-corrected chi connectivity index (χ1v) is 9.41. The molecule has 0 aliphatic carbocycles. The summed E-state index contributed by atoms with van der Waals surface area (Å²) in [5.41, 5.74) is -0.671. The van der Waals surface area contributed by atoms with Crippen LogP contribution in [0.2, 0.25) is 0 Å². The summed E-state index contributed by atoms with van der Waals surface area (Å²) in [4.78, 5) is 12.4. The average Bonchev–Trinajstić information content (AvgIpc) is 2.52. The molecular formula is C16H22F2N2O5S. The van der Waals surface area contributed by atoms with Crippen molar-refractivity contribution >= 4 is 16.1 Å². The number of carbonyl (C=O) groups is 1. The molecule has 2 rings (SSSR count). The van der Waals surface area contributed by atoms with Gasteiger partial charge < -0.3 is 14.4 Å². The van der Waals surface area contributed by atoms with Gasteiger partial charge in [-0.05, 0) is 20.8 Å². The van der Waals surface area contributed by atoms with Gasteiger partial charge in [-0.3, -0.25) is 0 Å². The largest absolute Gasteiger partial charge is 0.497 e. The van der Waals surface area contributed by atoms with Gasteiger partial charge in [-0.2, -0.15) is 4.31 Å². The molecule has 26 heavy (non-hydrogen) atoms. The van der Waals surface area contributed by atoms with E-state index in [1.54, 1.807) is 20.8 Å². The van der Waals surface area contributed by atoms with Crippen LogP contribution in [0.25, 0.3) is 0 Å². The smallest absolute Gasteiger partial charge is 0.410 e. The van der Waals surface area contributed by atoms with Crippen molar-refractivity contribution < 1.29 is 31.5 Å². The van der Waals surface area contributed by atoms with E-state index in [4.69, 9.17) is 9.47 Å². The van der Waals surface area contributed by atoms with Crippen molar-refractivity contribution in [1.82, 2.24) is 9.21 Å². The third-order valence-corrected chi connectivity index (χ3v) is 5.65. The lowest BCUT2D eigenvalue weighted by molar-refractivity contribution is 0.0192. The van der Waals surface area contributed by atoms with Crippen LogP contribution in [-0.4, -0.2) is 62.6 Å². The number of rotatable bonds is 3. The average molecular weight is 392 g/mol. The second-order valence-electron chi connectivity index (χ2n) is 6.79. The van der Waals surface area contributed by atoms with Crippen LogP contribution in [0, 0.1) is 11.6 Å². The van der Waals surface area contributed by atoms with E-state index in [2.05, 4.69) is 0 Å². The monoisotopic (exact) mass is 392 g/mol. The maximum Gasteiger partial charge on any atom is 0.410 e. The Kier molecular flexibility index (Phi) is 5.76. The van der Waals surface area contributed by atoms with E-state index >= 15 is 0 Å². The summed E-state index contributed by atoms with van der Waals surface area (Å²) in [6.07, 6.45) is -0.559. The molecule has 10 heteroatoms. The summed E-state index contributed by atoms with van der Waals surface area (Å²) in [6, 6.07) is 1.62. The van der Waals surface area contributed by atoms with Gasteiger partial charge in [-0.25, -0.2) is 22.0 Å². The minimum Gasteiger partial charge on any atom is -0.497 e. The highest BCUT2D eigenvalue weighted by Gasteiger charge is 2.35. The van der Waals surface area contributed by atoms with Crippen LogP contribution in [-0.2, 0) is 14.8 Å². The molecule has 1 heterocycles. The van der Waals surface area contributed by atoms with E-state index in [0.29, 0.717) is 0 Å². The number of sulfonamides is 1. The van der Waals surface area contributed by atoms with Gasteiger partial charge in [0.2, 0.25) is 10.0 Å². The maximum atomic E-state index is 14.1. The fourth-order valence-electron chi connectivity index (χ4n) is 2.47. The van der Waals surface area contributed by atoms with Crippen molar-refractivity contribution in [2.45, 2.75) is 31.3 Å². The second-order valence-corrected chi connectivity index (χ2v) is 8.67. The number of benzene rings is 1. The Morgan fingerprint density at radius 2 is 1.58 bits per heavy atom. The standard InChI is InChI=1S/C16H22F2N2O5S/c1-16(2,3)25-15(21)19-5-7-20(8-6-19)26(22,23)14-12(17)9-11(24-4)10-13(14)18/h9-10H,5-8H2,1-4H3. The lowest BCUT2D eigenvalue weighted by atomic mass is 10.2. The first-order chi connectivity index (χ1) is 12.0. The molecule has 1 amide bonds. The van der Waals surface area contributed by atoms with Crippen molar-refractivity contribution in [2.75, 3.05) is 33.3 Å². The molecule has 0 spiro atoms. The fraction of sp³-hybridized carbons (Fsp3) is 0.562. The maximum absolute atomic E-state index is 14.1. The summed E-state index contributed by atoms with van der Waals surface area (Å²) in [5.74, 6) is -2.57. The molecule has 1 aromatic carbocycles. The Morgan fingerprint density at radius 1 is 1.08 bits per heavy atom. The summed E-state index contributed by atoms with van der Waals surface area (Å²) in [6.45, 7) is 5.11. The Morgan fingerprint density at radius 3 is 2.00 bits per heavy atom. The Balaban J connectivity index is 2.15. The van der Waals surface area contributed by atoms with E-state index < -0.39 is 38.2 Å². The lowest BCUT2D eigenvalue weighted by Crippen LogP contribution is -2.51. The van der Waals surface area contributed by atoms with Crippen LogP contribution in [0.3, 0.4) is 0 Å². The number of hydrogen-bond donors (Lipinski definition) is 0. The molecule has 0 bridgehead atoms. The molecule has 0 N–H and O–H groups in total. The van der Waals surface area contributed by atoms with Crippen LogP contribution < -0.4 is 4.74 Å². The quantitative estimate of drug-likeness (QED) is 0.788. The number of halogens is 2. The van der Waals surface area contributed by atoms with E-state index in [1.165, 1.54) is 12.0 Å². The molecule has 1 aliphatic heterocycles. The van der Waals surface area contributed by atoms with Gasteiger partial charge in [0.05, 0.1) is 7.11 Å².